The van der Waals surface area contributed by atoms with Gasteiger partial charge in [-0.05, 0) is 25.6 Å². The van der Waals surface area contributed by atoms with Crippen LogP contribution in [0.5, 0.6) is 0 Å². The lowest BCUT2D eigenvalue weighted by Crippen LogP contribution is -2.45. The second-order valence-corrected chi connectivity index (χ2v) is 5.90. The van der Waals surface area contributed by atoms with Gasteiger partial charge in [-0.25, -0.2) is 4.68 Å². The molecule has 4 heterocycles. The standard InChI is InChI=1S/C15H18N6.C2H6/c1-11-6-20(15-3-4-16-5-14(11)15)7-12-8-21(18-17-12)13-9-19(2)10-13;1-2/h3-6,8,13H,7,9-10H2,1-2H3;1-2H3. The molecule has 122 valence electrons. The van der Waals surface area contributed by atoms with Crippen LogP contribution >= 0.6 is 0 Å². The number of pyridine rings is 1. The fraction of sp³-hybridized carbons (Fsp3) is 0.471. The zero-order chi connectivity index (χ0) is 16.4. The number of nitrogens with zero attached hydrogens (tertiary/aromatic N) is 6. The third-order valence-electron chi connectivity index (χ3n) is 4.19. The Bertz CT molecular complexity index is 781. The second-order valence-electron chi connectivity index (χ2n) is 5.90. The predicted octanol–water partition coefficient (Wildman–Crippen LogP) is 2.50. The number of fused-ring (bicyclic) bond motifs is 1. The normalized spacial score (nSPS) is 15.3. The Morgan fingerprint density at radius 1 is 1.22 bits per heavy atom. The van der Waals surface area contributed by atoms with Gasteiger partial charge in [-0.1, -0.05) is 19.1 Å². The third-order valence-corrected chi connectivity index (χ3v) is 4.19. The van der Waals surface area contributed by atoms with E-state index >= 15 is 0 Å². The Labute approximate surface area is 136 Å². The molecule has 0 aliphatic carbocycles. The predicted molar refractivity (Wildman–Crippen MR) is 91.5 cm³/mol. The van der Waals surface area contributed by atoms with Crippen molar-refractivity contribution in [2.24, 2.45) is 0 Å². The minimum Gasteiger partial charge on any atom is -0.341 e. The maximum atomic E-state index is 4.31. The first-order valence-corrected chi connectivity index (χ1v) is 8.19. The van der Waals surface area contributed by atoms with Crippen LogP contribution in [0, 0.1) is 6.92 Å². The molecule has 6 heteroatoms. The van der Waals surface area contributed by atoms with E-state index in [4.69, 9.17) is 0 Å². The largest absolute Gasteiger partial charge is 0.341 e. The molecule has 0 spiro atoms. The number of aryl methyl sites for hydroxylation is 1. The van der Waals surface area contributed by atoms with Gasteiger partial charge < -0.3 is 9.47 Å². The van der Waals surface area contributed by atoms with Gasteiger partial charge in [-0.2, -0.15) is 0 Å². The van der Waals surface area contributed by atoms with E-state index in [2.05, 4.69) is 51.1 Å². The summed E-state index contributed by atoms with van der Waals surface area (Å²) < 4.78 is 4.21. The van der Waals surface area contributed by atoms with Gasteiger partial charge in [-0.3, -0.25) is 4.98 Å². The van der Waals surface area contributed by atoms with Crippen molar-refractivity contribution in [1.82, 2.24) is 29.4 Å². The lowest BCUT2D eigenvalue weighted by atomic mass is 10.1. The summed E-state index contributed by atoms with van der Waals surface area (Å²) in [6.07, 6.45) is 7.98. The second kappa shape index (κ2) is 6.50. The Kier molecular flexibility index (Phi) is 4.43. The molecule has 0 aromatic carbocycles. The van der Waals surface area contributed by atoms with Crippen LogP contribution in [0.3, 0.4) is 0 Å². The Balaban J connectivity index is 0.000000753. The third kappa shape index (κ3) is 2.99. The lowest BCUT2D eigenvalue weighted by Gasteiger charge is -2.35. The minimum atomic E-state index is 0.476. The molecule has 0 N–H and O–H groups in total. The van der Waals surface area contributed by atoms with Crippen molar-refractivity contribution in [3.8, 4) is 0 Å². The van der Waals surface area contributed by atoms with Crippen molar-refractivity contribution in [2.75, 3.05) is 20.1 Å². The number of hydrogen-bond donors (Lipinski definition) is 0. The van der Waals surface area contributed by atoms with Crippen LogP contribution in [-0.2, 0) is 6.54 Å². The van der Waals surface area contributed by atoms with Gasteiger partial charge in [0.2, 0.25) is 0 Å². The Hall–Kier alpha value is -2.21. The van der Waals surface area contributed by atoms with Crippen molar-refractivity contribution < 1.29 is 0 Å². The molecule has 1 saturated heterocycles. The highest BCUT2D eigenvalue weighted by Gasteiger charge is 2.25. The highest BCUT2D eigenvalue weighted by atomic mass is 15.5. The van der Waals surface area contributed by atoms with Crippen molar-refractivity contribution in [1.29, 1.82) is 0 Å². The van der Waals surface area contributed by atoms with Crippen molar-refractivity contribution in [3.05, 3.63) is 42.1 Å². The summed E-state index contributed by atoms with van der Waals surface area (Å²) in [7, 11) is 2.12. The van der Waals surface area contributed by atoms with E-state index in [9.17, 15) is 0 Å². The molecule has 0 saturated carbocycles. The molecule has 3 aromatic rings. The van der Waals surface area contributed by atoms with E-state index in [1.54, 1.807) is 0 Å². The highest BCUT2D eigenvalue weighted by molar-refractivity contribution is 5.82. The Morgan fingerprint density at radius 2 is 2.00 bits per heavy atom. The van der Waals surface area contributed by atoms with Gasteiger partial charge in [0.05, 0.1) is 24.3 Å². The van der Waals surface area contributed by atoms with Crippen molar-refractivity contribution in [2.45, 2.75) is 33.4 Å². The minimum absolute atomic E-state index is 0.476. The summed E-state index contributed by atoms with van der Waals surface area (Å²) in [5.74, 6) is 0. The average molecular weight is 312 g/mol. The molecule has 0 unspecified atom stereocenters. The molecule has 0 amide bonds. The van der Waals surface area contributed by atoms with Gasteiger partial charge in [0.1, 0.15) is 5.69 Å². The smallest absolute Gasteiger partial charge is 0.102 e. The molecule has 1 fully saturated rings. The first-order valence-electron chi connectivity index (χ1n) is 8.19. The molecule has 0 radical (unpaired) electrons. The zero-order valence-electron chi connectivity index (χ0n) is 14.3. The van der Waals surface area contributed by atoms with Crippen LogP contribution in [0.15, 0.2) is 30.9 Å². The molecule has 4 rings (SSSR count). The average Bonchev–Trinajstić information content (AvgIpc) is 3.13. The SMILES string of the molecule is CC.Cc1cn(Cc2cn(C3CN(C)C3)nn2)c2ccncc12. The maximum absolute atomic E-state index is 4.31. The topological polar surface area (TPSA) is 51.8 Å². The van der Waals surface area contributed by atoms with Crippen LogP contribution in [0.25, 0.3) is 10.9 Å². The molecule has 1 aliphatic rings. The summed E-state index contributed by atoms with van der Waals surface area (Å²) in [4.78, 5) is 6.48. The van der Waals surface area contributed by atoms with E-state index in [0.29, 0.717) is 6.04 Å². The van der Waals surface area contributed by atoms with Gasteiger partial charge in [-0.15, -0.1) is 5.10 Å². The van der Waals surface area contributed by atoms with Gasteiger partial charge in [0, 0.05) is 37.1 Å². The highest BCUT2D eigenvalue weighted by Crippen LogP contribution is 2.21. The fourth-order valence-electron chi connectivity index (χ4n) is 3.02. The van der Waals surface area contributed by atoms with Gasteiger partial charge in [0.25, 0.3) is 0 Å². The molecule has 0 bridgehead atoms. The van der Waals surface area contributed by atoms with E-state index in [-0.39, 0.29) is 0 Å². The molecule has 3 aromatic heterocycles. The fourth-order valence-corrected chi connectivity index (χ4v) is 3.02. The summed E-state index contributed by atoms with van der Waals surface area (Å²) in [5.41, 5.74) is 3.44. The zero-order valence-corrected chi connectivity index (χ0v) is 14.3. The van der Waals surface area contributed by atoms with Crippen LogP contribution in [0.4, 0.5) is 0 Å². The van der Waals surface area contributed by atoms with Crippen LogP contribution in [-0.4, -0.2) is 49.6 Å². The molecule has 1 aliphatic heterocycles. The van der Waals surface area contributed by atoms with Crippen molar-refractivity contribution >= 4 is 10.9 Å². The van der Waals surface area contributed by atoms with Crippen LogP contribution in [0.1, 0.15) is 31.1 Å². The van der Waals surface area contributed by atoms with E-state index in [0.717, 1.165) is 25.3 Å². The molecular weight excluding hydrogens is 288 g/mol. The van der Waals surface area contributed by atoms with E-state index < -0.39 is 0 Å². The summed E-state index contributed by atoms with van der Waals surface area (Å²) >= 11 is 0. The lowest BCUT2D eigenvalue weighted by molar-refractivity contribution is 0.129. The molecule has 23 heavy (non-hydrogen) atoms. The summed E-state index contributed by atoms with van der Waals surface area (Å²) in [5, 5.41) is 9.78. The number of likely N-dealkylation sites (N-methyl/N-ethyl adjacent to an activating group) is 1. The number of aromatic nitrogens is 5. The summed E-state index contributed by atoms with van der Waals surface area (Å²) in [6, 6.07) is 2.52. The van der Waals surface area contributed by atoms with E-state index in [1.807, 2.05) is 37.0 Å². The maximum Gasteiger partial charge on any atom is 0.102 e. The Morgan fingerprint density at radius 3 is 2.74 bits per heavy atom. The molecule has 0 atom stereocenters. The quantitative estimate of drug-likeness (QED) is 0.745. The van der Waals surface area contributed by atoms with Gasteiger partial charge in [0.15, 0.2) is 0 Å². The first-order chi connectivity index (χ1) is 11.2. The number of likely N-dealkylation sites (tertiary alicyclic amines) is 1. The molecule has 6 nitrogen and oxygen atoms in total. The van der Waals surface area contributed by atoms with Crippen molar-refractivity contribution in [3.63, 3.8) is 0 Å². The van der Waals surface area contributed by atoms with Crippen LogP contribution in [0.2, 0.25) is 0 Å². The first kappa shape index (κ1) is 15.7. The monoisotopic (exact) mass is 312 g/mol. The number of hydrogen-bond acceptors (Lipinski definition) is 4. The van der Waals surface area contributed by atoms with Gasteiger partial charge >= 0.3 is 0 Å². The van der Waals surface area contributed by atoms with E-state index in [1.165, 1.54) is 16.5 Å². The number of rotatable bonds is 3. The van der Waals surface area contributed by atoms with Crippen LogP contribution < -0.4 is 0 Å². The summed E-state index contributed by atoms with van der Waals surface area (Å²) in [6.45, 7) is 8.97. The molecular formula is C17H24N6.